The van der Waals surface area contributed by atoms with Crippen LogP contribution >= 0.6 is 23.2 Å². The molecule has 2 rings (SSSR count). The molecular formula is C5H5Cl2N4+. The van der Waals surface area contributed by atoms with Crippen molar-refractivity contribution in [2.75, 3.05) is 0 Å². The number of nitrogens with one attached hydrogen (secondary N) is 2. The Balaban J connectivity index is 2.35. The predicted octanol–water partition coefficient (Wildman–Crippen LogP) is -1.36. The summed E-state index contributed by atoms with van der Waals surface area (Å²) in [6.07, 6.45) is 1.69. The van der Waals surface area contributed by atoms with Gasteiger partial charge in [0, 0.05) is 0 Å². The fourth-order valence-corrected chi connectivity index (χ4v) is 1.51. The van der Waals surface area contributed by atoms with Crippen molar-refractivity contribution in [3.63, 3.8) is 0 Å². The smallest absolute Gasteiger partial charge is 0.231 e. The molecule has 58 valence electrons. The molecule has 2 aliphatic rings. The molecule has 0 aromatic carbocycles. The molecule has 2 atom stereocenters. The molecule has 0 unspecified atom stereocenters. The Kier molecular flexibility index (Phi) is 1.58. The van der Waals surface area contributed by atoms with Crippen LogP contribution in [-0.2, 0) is 0 Å². The van der Waals surface area contributed by atoms with E-state index in [9.17, 15) is 0 Å². The summed E-state index contributed by atoms with van der Waals surface area (Å²) in [5, 5.41) is 11.2. The van der Waals surface area contributed by atoms with Crippen molar-refractivity contribution in [2.45, 2.75) is 12.1 Å². The topological polar surface area (TPSA) is 50.7 Å². The molecule has 4 nitrogen and oxygen atoms in total. The molecule has 11 heavy (non-hydrogen) atoms. The van der Waals surface area contributed by atoms with Gasteiger partial charge in [-0.05, 0) is 0 Å². The highest BCUT2D eigenvalue weighted by Gasteiger charge is 2.39. The summed E-state index contributed by atoms with van der Waals surface area (Å²) in [7, 11) is 0. The maximum absolute atomic E-state index is 5.74. The summed E-state index contributed by atoms with van der Waals surface area (Å²) >= 11 is 11.5. The van der Waals surface area contributed by atoms with Gasteiger partial charge in [0.2, 0.25) is 6.34 Å². The van der Waals surface area contributed by atoms with E-state index in [1.165, 1.54) is 0 Å². The minimum Gasteiger partial charge on any atom is -0.267 e. The second-order valence-electron chi connectivity index (χ2n) is 2.28. The molecule has 0 aliphatic carbocycles. The Bertz CT molecular complexity index is 270. The van der Waals surface area contributed by atoms with Crippen LogP contribution in [0.4, 0.5) is 0 Å². The zero-order chi connectivity index (χ0) is 7.84. The number of fused-ring (bicyclic) bond motifs is 1. The first-order valence-electron chi connectivity index (χ1n) is 3.09. The maximum Gasteiger partial charge on any atom is 0.231 e. The molecule has 2 N–H and O–H groups in total. The van der Waals surface area contributed by atoms with Gasteiger partial charge in [-0.15, -0.1) is 10.2 Å². The minimum absolute atomic E-state index is 0.0540. The minimum atomic E-state index is -0.0540. The van der Waals surface area contributed by atoms with E-state index in [2.05, 4.69) is 20.5 Å². The highest BCUT2D eigenvalue weighted by molar-refractivity contribution is 6.71. The summed E-state index contributed by atoms with van der Waals surface area (Å²) in [6, 6.07) is -0.108. The molecule has 0 spiro atoms. The van der Waals surface area contributed by atoms with Crippen molar-refractivity contribution in [1.29, 1.82) is 0 Å². The largest absolute Gasteiger partial charge is 0.267 e. The average Bonchev–Trinajstić information content (AvgIpc) is 2.45. The highest BCUT2D eigenvalue weighted by Crippen LogP contribution is 2.09. The van der Waals surface area contributed by atoms with Crippen molar-refractivity contribution in [3.8, 4) is 0 Å². The third kappa shape index (κ3) is 1.02. The van der Waals surface area contributed by atoms with Crippen LogP contribution in [0.15, 0.2) is 10.2 Å². The lowest BCUT2D eigenvalue weighted by molar-refractivity contribution is -0.466. The van der Waals surface area contributed by atoms with Crippen LogP contribution in [0, 0.1) is 0 Å². The van der Waals surface area contributed by atoms with E-state index >= 15 is 0 Å². The van der Waals surface area contributed by atoms with Crippen LogP contribution in [-0.4, -0.2) is 28.8 Å². The lowest BCUT2D eigenvalue weighted by Gasteiger charge is -2.12. The Morgan fingerprint density at radius 1 is 1.36 bits per heavy atom. The van der Waals surface area contributed by atoms with E-state index in [1.54, 1.807) is 6.34 Å². The third-order valence-corrected chi connectivity index (χ3v) is 2.23. The van der Waals surface area contributed by atoms with Crippen molar-refractivity contribution in [3.05, 3.63) is 0 Å². The SMILES string of the molecule is ClC1=NN=C(Cl)[C@@H]2[NH+]=CN[C@@H]12. The summed E-state index contributed by atoms with van der Waals surface area (Å²) < 4.78 is 0. The normalized spacial score (nSPS) is 34.0. The van der Waals surface area contributed by atoms with Crippen LogP contribution in [0.2, 0.25) is 0 Å². The molecule has 2 aliphatic heterocycles. The van der Waals surface area contributed by atoms with Crippen LogP contribution in [0.1, 0.15) is 0 Å². The molecule has 0 saturated carbocycles. The average molecular weight is 192 g/mol. The quantitative estimate of drug-likeness (QED) is 0.489. The van der Waals surface area contributed by atoms with Crippen LogP contribution < -0.4 is 10.3 Å². The van der Waals surface area contributed by atoms with Gasteiger partial charge in [0.15, 0.2) is 22.4 Å². The van der Waals surface area contributed by atoms with E-state index in [0.29, 0.717) is 10.3 Å². The van der Waals surface area contributed by atoms with E-state index < -0.39 is 0 Å². The first kappa shape index (κ1) is 7.06. The Morgan fingerprint density at radius 2 is 2.09 bits per heavy atom. The summed E-state index contributed by atoms with van der Waals surface area (Å²) in [5.74, 6) is 0. The lowest BCUT2D eigenvalue weighted by Crippen LogP contribution is -2.78. The van der Waals surface area contributed by atoms with E-state index in [0.717, 1.165) is 0 Å². The predicted molar refractivity (Wildman–Crippen MR) is 44.3 cm³/mol. The van der Waals surface area contributed by atoms with Gasteiger partial charge in [0.25, 0.3) is 0 Å². The molecule has 6 heteroatoms. The standard InChI is InChI=1S/C5H4Cl2N4/c6-4-2-3(9-1-8-2)5(7)11-10-4/h1-3H,(H,8,9)/p+1/t2-,3-/m1/s1. The van der Waals surface area contributed by atoms with Gasteiger partial charge in [-0.25, -0.2) is 0 Å². The molecule has 0 radical (unpaired) electrons. The van der Waals surface area contributed by atoms with Crippen molar-refractivity contribution in [1.82, 2.24) is 5.32 Å². The highest BCUT2D eigenvalue weighted by atomic mass is 35.5. The van der Waals surface area contributed by atoms with Crippen molar-refractivity contribution >= 4 is 39.9 Å². The number of rotatable bonds is 0. The zero-order valence-corrected chi connectivity index (χ0v) is 6.89. The van der Waals surface area contributed by atoms with Crippen LogP contribution in [0.3, 0.4) is 0 Å². The van der Waals surface area contributed by atoms with Gasteiger partial charge in [-0.2, -0.15) is 0 Å². The number of hydrogen-bond donors (Lipinski definition) is 2. The Hall–Kier alpha value is -0.610. The monoisotopic (exact) mass is 191 g/mol. The lowest BCUT2D eigenvalue weighted by atomic mass is 10.1. The molecule has 0 aromatic rings. The first-order chi connectivity index (χ1) is 5.29. The molecule has 0 aromatic heterocycles. The van der Waals surface area contributed by atoms with Gasteiger partial charge in [0.05, 0.1) is 0 Å². The Morgan fingerprint density at radius 3 is 2.82 bits per heavy atom. The summed E-state index contributed by atoms with van der Waals surface area (Å²) in [4.78, 5) is 2.97. The molecule has 0 amide bonds. The molecule has 0 fully saturated rings. The fraction of sp³-hybridized carbons (Fsp3) is 0.400. The number of halogens is 2. The van der Waals surface area contributed by atoms with Gasteiger partial charge in [-0.3, -0.25) is 10.3 Å². The maximum atomic E-state index is 5.74. The third-order valence-electron chi connectivity index (χ3n) is 1.61. The molecular weight excluding hydrogens is 187 g/mol. The fourth-order valence-electron chi connectivity index (χ4n) is 1.05. The molecule has 2 heterocycles. The van der Waals surface area contributed by atoms with Gasteiger partial charge in [-0.1, -0.05) is 23.2 Å². The van der Waals surface area contributed by atoms with E-state index in [-0.39, 0.29) is 12.1 Å². The van der Waals surface area contributed by atoms with E-state index in [1.807, 2.05) is 0 Å². The first-order valence-corrected chi connectivity index (χ1v) is 3.85. The Labute approximate surface area is 73.0 Å². The summed E-state index contributed by atoms with van der Waals surface area (Å²) in [5.41, 5.74) is 0. The second-order valence-corrected chi connectivity index (χ2v) is 3.05. The van der Waals surface area contributed by atoms with Crippen LogP contribution in [0.5, 0.6) is 0 Å². The molecule has 0 saturated heterocycles. The number of hydrogen-bond acceptors (Lipinski definition) is 3. The second kappa shape index (κ2) is 2.46. The van der Waals surface area contributed by atoms with Gasteiger partial charge in [0.1, 0.15) is 0 Å². The molecule has 0 bridgehead atoms. The van der Waals surface area contributed by atoms with Crippen LogP contribution in [0.25, 0.3) is 0 Å². The van der Waals surface area contributed by atoms with E-state index in [4.69, 9.17) is 23.2 Å². The zero-order valence-electron chi connectivity index (χ0n) is 5.38. The van der Waals surface area contributed by atoms with Gasteiger partial charge < -0.3 is 0 Å². The summed E-state index contributed by atoms with van der Waals surface area (Å²) in [6.45, 7) is 0. The van der Waals surface area contributed by atoms with Crippen molar-refractivity contribution in [2.24, 2.45) is 10.2 Å². The van der Waals surface area contributed by atoms with Crippen molar-refractivity contribution < 1.29 is 4.99 Å². The number of nitrogens with zero attached hydrogens (tertiary/aromatic N) is 2. The van der Waals surface area contributed by atoms with Gasteiger partial charge >= 0.3 is 0 Å².